The number of aromatic nitrogens is 2. The van der Waals surface area contributed by atoms with Crippen molar-refractivity contribution in [3.63, 3.8) is 0 Å². The van der Waals surface area contributed by atoms with Gasteiger partial charge in [0.2, 0.25) is 0 Å². The number of nitrogens with two attached hydrogens (primary N) is 1. The van der Waals surface area contributed by atoms with Crippen LogP contribution in [-0.2, 0) is 6.54 Å². The summed E-state index contributed by atoms with van der Waals surface area (Å²) in [6.07, 6.45) is 4.37. The van der Waals surface area contributed by atoms with E-state index < -0.39 is 0 Å². The molecule has 1 aromatic heterocycles. The van der Waals surface area contributed by atoms with Gasteiger partial charge in [0.05, 0.1) is 22.4 Å². The Morgan fingerprint density at radius 1 is 1.85 bits per heavy atom. The predicted molar refractivity (Wildman–Crippen MR) is 57.3 cm³/mol. The Bertz CT molecular complexity index is 293. The lowest BCUT2D eigenvalue weighted by atomic mass is 10.1. The summed E-state index contributed by atoms with van der Waals surface area (Å²) >= 11 is 3.43. The maximum atomic E-state index is 5.97. The van der Waals surface area contributed by atoms with Gasteiger partial charge in [-0.1, -0.05) is 6.08 Å². The maximum absolute atomic E-state index is 5.97. The molecule has 2 N–H and O–H groups in total. The van der Waals surface area contributed by atoms with E-state index in [2.05, 4.69) is 27.6 Å². The number of aryl methyl sites for hydroxylation is 1. The Kier molecular flexibility index (Phi) is 3.69. The van der Waals surface area contributed by atoms with Crippen LogP contribution in [-0.4, -0.2) is 9.78 Å². The van der Waals surface area contributed by atoms with Crippen molar-refractivity contribution < 1.29 is 0 Å². The third-order valence-corrected chi connectivity index (χ3v) is 2.52. The molecular formula is C9H14BrN3. The Labute approximate surface area is 86.7 Å². The Morgan fingerprint density at radius 3 is 3.08 bits per heavy atom. The van der Waals surface area contributed by atoms with Gasteiger partial charge < -0.3 is 5.73 Å². The average molecular weight is 244 g/mol. The van der Waals surface area contributed by atoms with Gasteiger partial charge in [-0.05, 0) is 29.3 Å². The monoisotopic (exact) mass is 243 g/mol. The minimum absolute atomic E-state index is 0.0191. The van der Waals surface area contributed by atoms with Gasteiger partial charge in [0.15, 0.2) is 0 Å². The molecule has 1 aromatic rings. The minimum atomic E-state index is -0.0191. The van der Waals surface area contributed by atoms with E-state index in [1.807, 2.05) is 17.7 Å². The van der Waals surface area contributed by atoms with Gasteiger partial charge in [-0.3, -0.25) is 4.68 Å². The largest absolute Gasteiger partial charge is 0.322 e. The molecule has 0 aliphatic heterocycles. The van der Waals surface area contributed by atoms with Crippen molar-refractivity contribution in [3.8, 4) is 0 Å². The summed E-state index contributed by atoms with van der Waals surface area (Å²) in [5, 5.41) is 4.19. The van der Waals surface area contributed by atoms with Crippen molar-refractivity contribution in [1.29, 1.82) is 0 Å². The van der Waals surface area contributed by atoms with Crippen molar-refractivity contribution >= 4 is 15.9 Å². The highest BCUT2D eigenvalue weighted by Crippen LogP contribution is 2.23. The first-order valence-corrected chi connectivity index (χ1v) is 5.07. The third-order valence-electron chi connectivity index (χ3n) is 1.90. The summed E-state index contributed by atoms with van der Waals surface area (Å²) in [6.45, 7) is 6.56. The summed E-state index contributed by atoms with van der Waals surface area (Å²) in [6, 6.07) is -0.0191. The molecule has 0 aliphatic rings. The van der Waals surface area contributed by atoms with Crippen LogP contribution >= 0.6 is 15.9 Å². The molecule has 0 bridgehead atoms. The van der Waals surface area contributed by atoms with Crippen LogP contribution in [0.2, 0.25) is 0 Å². The van der Waals surface area contributed by atoms with E-state index in [4.69, 9.17) is 5.73 Å². The van der Waals surface area contributed by atoms with Crippen LogP contribution < -0.4 is 5.73 Å². The zero-order valence-corrected chi connectivity index (χ0v) is 9.29. The summed E-state index contributed by atoms with van der Waals surface area (Å²) in [5.41, 5.74) is 7.01. The van der Waals surface area contributed by atoms with Gasteiger partial charge >= 0.3 is 0 Å². The first kappa shape index (κ1) is 10.5. The molecular weight excluding hydrogens is 230 g/mol. The van der Waals surface area contributed by atoms with Gasteiger partial charge in [0, 0.05) is 6.54 Å². The fourth-order valence-electron chi connectivity index (χ4n) is 1.28. The van der Waals surface area contributed by atoms with Gasteiger partial charge in [0.25, 0.3) is 0 Å². The van der Waals surface area contributed by atoms with E-state index in [0.29, 0.717) is 0 Å². The molecule has 1 rings (SSSR count). The van der Waals surface area contributed by atoms with Crippen molar-refractivity contribution in [3.05, 3.63) is 29.0 Å². The molecule has 0 aromatic carbocycles. The second kappa shape index (κ2) is 4.58. The topological polar surface area (TPSA) is 43.8 Å². The molecule has 0 amide bonds. The number of hydrogen-bond acceptors (Lipinski definition) is 2. The van der Waals surface area contributed by atoms with Crippen molar-refractivity contribution in [2.45, 2.75) is 25.9 Å². The normalized spacial score (nSPS) is 12.8. The first-order chi connectivity index (χ1) is 6.20. The smallest absolute Gasteiger partial charge is 0.0696 e. The minimum Gasteiger partial charge on any atom is -0.322 e. The highest BCUT2D eigenvalue weighted by Gasteiger charge is 2.13. The molecule has 1 heterocycles. The zero-order chi connectivity index (χ0) is 9.84. The fourth-order valence-corrected chi connectivity index (χ4v) is 1.87. The molecule has 0 saturated carbocycles. The predicted octanol–water partition coefficient (Wildman–Crippen LogP) is 2.24. The summed E-state index contributed by atoms with van der Waals surface area (Å²) in [7, 11) is 0. The molecule has 0 fully saturated rings. The van der Waals surface area contributed by atoms with Crippen molar-refractivity contribution in [2.75, 3.05) is 0 Å². The number of halogens is 1. The quantitative estimate of drug-likeness (QED) is 0.825. The zero-order valence-electron chi connectivity index (χ0n) is 7.70. The van der Waals surface area contributed by atoms with Crippen LogP contribution in [0.3, 0.4) is 0 Å². The number of nitrogens with zero attached hydrogens (tertiary/aromatic N) is 2. The van der Waals surface area contributed by atoms with E-state index in [9.17, 15) is 0 Å². The van der Waals surface area contributed by atoms with Crippen LogP contribution in [0.1, 0.15) is 25.1 Å². The van der Waals surface area contributed by atoms with Crippen LogP contribution in [0.4, 0.5) is 0 Å². The lowest BCUT2D eigenvalue weighted by Crippen LogP contribution is -2.15. The first-order valence-electron chi connectivity index (χ1n) is 4.28. The van der Waals surface area contributed by atoms with Gasteiger partial charge in [0.1, 0.15) is 0 Å². The Balaban J connectivity index is 2.95. The molecule has 0 saturated heterocycles. The molecule has 0 spiro atoms. The highest BCUT2D eigenvalue weighted by molar-refractivity contribution is 9.10. The summed E-state index contributed by atoms with van der Waals surface area (Å²) in [5.74, 6) is 0. The highest BCUT2D eigenvalue weighted by atomic mass is 79.9. The number of rotatable bonds is 4. The summed E-state index contributed by atoms with van der Waals surface area (Å²) < 4.78 is 2.88. The second-order valence-corrected chi connectivity index (χ2v) is 3.68. The molecule has 13 heavy (non-hydrogen) atoms. The van der Waals surface area contributed by atoms with E-state index in [1.165, 1.54) is 0 Å². The standard InChI is InChI=1S/C9H14BrN3/c1-3-5-8(11)9-7(10)6-12-13(9)4-2/h3,6,8H,1,4-5,11H2,2H3. The van der Waals surface area contributed by atoms with E-state index in [1.54, 1.807) is 6.20 Å². The number of hydrogen-bond donors (Lipinski definition) is 1. The molecule has 1 atom stereocenters. The maximum Gasteiger partial charge on any atom is 0.0696 e. The lowest BCUT2D eigenvalue weighted by Gasteiger charge is -2.11. The van der Waals surface area contributed by atoms with Gasteiger partial charge in [-0.15, -0.1) is 6.58 Å². The molecule has 4 heteroatoms. The van der Waals surface area contributed by atoms with Crippen molar-refractivity contribution in [1.82, 2.24) is 9.78 Å². The fraction of sp³-hybridized carbons (Fsp3) is 0.444. The van der Waals surface area contributed by atoms with Gasteiger partial charge in [-0.25, -0.2) is 0 Å². The van der Waals surface area contributed by atoms with Crippen LogP contribution in [0.25, 0.3) is 0 Å². The molecule has 72 valence electrons. The SMILES string of the molecule is C=CCC(N)c1c(Br)cnn1CC. The lowest BCUT2D eigenvalue weighted by molar-refractivity contribution is 0.572. The summed E-state index contributed by atoms with van der Waals surface area (Å²) in [4.78, 5) is 0. The van der Waals surface area contributed by atoms with Crippen molar-refractivity contribution in [2.24, 2.45) is 5.73 Å². The van der Waals surface area contributed by atoms with Crippen LogP contribution in [0, 0.1) is 0 Å². The third kappa shape index (κ3) is 2.19. The van der Waals surface area contributed by atoms with Crippen LogP contribution in [0.15, 0.2) is 23.3 Å². The average Bonchev–Trinajstić information content (AvgIpc) is 2.47. The molecule has 3 nitrogen and oxygen atoms in total. The molecule has 0 aliphatic carbocycles. The molecule has 1 unspecified atom stereocenters. The van der Waals surface area contributed by atoms with Crippen LogP contribution in [0.5, 0.6) is 0 Å². The Hall–Kier alpha value is -0.610. The molecule has 0 radical (unpaired) electrons. The van der Waals surface area contributed by atoms with Gasteiger partial charge in [-0.2, -0.15) is 5.10 Å². The van der Waals surface area contributed by atoms with E-state index in [0.717, 1.165) is 23.1 Å². The van der Waals surface area contributed by atoms with E-state index in [-0.39, 0.29) is 6.04 Å². The van der Waals surface area contributed by atoms with E-state index >= 15 is 0 Å². The Morgan fingerprint density at radius 2 is 2.54 bits per heavy atom. The second-order valence-electron chi connectivity index (χ2n) is 2.82.